The van der Waals surface area contributed by atoms with Gasteiger partial charge in [-0.25, -0.2) is 19.3 Å². The van der Waals surface area contributed by atoms with Crippen molar-refractivity contribution in [3.05, 3.63) is 47.0 Å². The van der Waals surface area contributed by atoms with Gasteiger partial charge < -0.3 is 15.5 Å². The SMILES string of the molecule is Cc1cc(C)n2nc(CCCNC(=O)Nc3ccc(N(C)C)nc3)c(C#N)c2n1. The first-order valence-electron chi connectivity index (χ1n) is 9.33. The maximum Gasteiger partial charge on any atom is 0.319 e. The van der Waals surface area contributed by atoms with Gasteiger partial charge in [0.15, 0.2) is 5.65 Å². The summed E-state index contributed by atoms with van der Waals surface area (Å²) in [5.41, 5.74) is 4.18. The van der Waals surface area contributed by atoms with Crippen molar-refractivity contribution < 1.29 is 4.79 Å². The summed E-state index contributed by atoms with van der Waals surface area (Å²) in [7, 11) is 3.81. The molecule has 0 spiro atoms. The molecule has 0 aliphatic heterocycles. The van der Waals surface area contributed by atoms with Crippen LogP contribution in [0.1, 0.15) is 29.1 Å². The van der Waals surface area contributed by atoms with Crippen LogP contribution in [0.2, 0.25) is 0 Å². The molecule has 3 aromatic rings. The molecule has 0 unspecified atom stereocenters. The number of aryl methyl sites for hydroxylation is 3. The Balaban J connectivity index is 1.54. The Hall–Kier alpha value is -3.67. The van der Waals surface area contributed by atoms with E-state index in [1.54, 1.807) is 16.8 Å². The summed E-state index contributed by atoms with van der Waals surface area (Å²) in [4.78, 5) is 22.6. The monoisotopic (exact) mass is 392 g/mol. The molecule has 0 saturated carbocycles. The summed E-state index contributed by atoms with van der Waals surface area (Å²) in [6, 6.07) is 7.48. The van der Waals surface area contributed by atoms with Gasteiger partial charge in [-0.15, -0.1) is 0 Å². The van der Waals surface area contributed by atoms with Crippen LogP contribution in [-0.2, 0) is 6.42 Å². The van der Waals surface area contributed by atoms with Crippen molar-refractivity contribution in [2.75, 3.05) is 30.9 Å². The number of nitriles is 1. The van der Waals surface area contributed by atoms with Crippen molar-refractivity contribution >= 4 is 23.2 Å². The van der Waals surface area contributed by atoms with E-state index in [0.29, 0.717) is 42.0 Å². The maximum atomic E-state index is 12.0. The van der Waals surface area contributed by atoms with Crippen molar-refractivity contribution in [1.82, 2.24) is 24.9 Å². The van der Waals surface area contributed by atoms with Gasteiger partial charge in [-0.1, -0.05) is 0 Å². The van der Waals surface area contributed by atoms with Gasteiger partial charge in [-0.3, -0.25) is 0 Å². The molecule has 0 bridgehead atoms. The van der Waals surface area contributed by atoms with Gasteiger partial charge in [0.1, 0.15) is 17.5 Å². The lowest BCUT2D eigenvalue weighted by Gasteiger charge is -2.12. The average Bonchev–Trinajstić information content (AvgIpc) is 3.03. The number of nitrogens with one attached hydrogen (secondary N) is 2. The number of urea groups is 1. The number of nitrogens with zero attached hydrogens (tertiary/aromatic N) is 6. The molecule has 3 rings (SSSR count). The third-order valence-electron chi connectivity index (χ3n) is 4.42. The van der Waals surface area contributed by atoms with E-state index in [1.807, 2.05) is 45.0 Å². The highest BCUT2D eigenvalue weighted by Crippen LogP contribution is 2.17. The van der Waals surface area contributed by atoms with Gasteiger partial charge in [-0.05, 0) is 44.9 Å². The quantitative estimate of drug-likeness (QED) is 0.623. The summed E-state index contributed by atoms with van der Waals surface area (Å²) >= 11 is 0. The third-order valence-corrected chi connectivity index (χ3v) is 4.42. The van der Waals surface area contributed by atoms with E-state index in [4.69, 9.17) is 0 Å². The van der Waals surface area contributed by atoms with E-state index in [0.717, 1.165) is 17.2 Å². The molecule has 0 atom stereocenters. The zero-order valence-electron chi connectivity index (χ0n) is 17.0. The van der Waals surface area contributed by atoms with Crippen LogP contribution in [0.5, 0.6) is 0 Å². The standard InChI is InChI=1S/C20H24N8O/c1-13-10-14(2)28-19(24-13)16(11-21)17(26-28)6-5-9-22-20(29)25-15-7-8-18(23-12-15)27(3)4/h7-8,10,12H,5-6,9H2,1-4H3,(H2,22,25,29). The summed E-state index contributed by atoms with van der Waals surface area (Å²) in [5, 5.41) is 19.6. The van der Waals surface area contributed by atoms with Crippen LogP contribution in [0.15, 0.2) is 24.4 Å². The number of aromatic nitrogens is 4. The molecule has 150 valence electrons. The zero-order chi connectivity index (χ0) is 21.0. The molecule has 0 aliphatic carbocycles. The predicted molar refractivity (Wildman–Crippen MR) is 111 cm³/mol. The number of rotatable bonds is 6. The van der Waals surface area contributed by atoms with Gasteiger partial charge in [0.05, 0.1) is 17.6 Å². The summed E-state index contributed by atoms with van der Waals surface area (Å²) in [5.74, 6) is 0.816. The molecule has 2 N–H and O–H groups in total. The lowest BCUT2D eigenvalue weighted by atomic mass is 10.1. The average molecular weight is 392 g/mol. The van der Waals surface area contributed by atoms with Gasteiger partial charge in [0.25, 0.3) is 0 Å². The largest absolute Gasteiger partial charge is 0.363 e. The van der Waals surface area contributed by atoms with E-state index in [9.17, 15) is 10.1 Å². The molecular formula is C20H24N8O. The number of pyridine rings is 1. The fourth-order valence-electron chi connectivity index (χ4n) is 3.01. The minimum Gasteiger partial charge on any atom is -0.363 e. The highest BCUT2D eigenvalue weighted by Gasteiger charge is 2.15. The second-order valence-corrected chi connectivity index (χ2v) is 6.99. The molecular weight excluding hydrogens is 368 g/mol. The number of hydrogen-bond donors (Lipinski definition) is 2. The second-order valence-electron chi connectivity index (χ2n) is 6.99. The number of hydrogen-bond acceptors (Lipinski definition) is 6. The molecule has 3 heterocycles. The third kappa shape index (κ3) is 4.60. The van der Waals surface area contributed by atoms with Crippen LogP contribution in [0, 0.1) is 25.2 Å². The van der Waals surface area contributed by atoms with E-state index >= 15 is 0 Å². The fourth-order valence-corrected chi connectivity index (χ4v) is 3.01. The van der Waals surface area contributed by atoms with Crippen molar-refractivity contribution in [3.8, 4) is 6.07 Å². The van der Waals surface area contributed by atoms with E-state index < -0.39 is 0 Å². The zero-order valence-corrected chi connectivity index (χ0v) is 17.0. The van der Waals surface area contributed by atoms with Gasteiger partial charge in [0, 0.05) is 32.0 Å². The van der Waals surface area contributed by atoms with Crippen molar-refractivity contribution in [3.63, 3.8) is 0 Å². The van der Waals surface area contributed by atoms with Crippen LogP contribution in [0.25, 0.3) is 5.65 Å². The first-order chi connectivity index (χ1) is 13.9. The minimum atomic E-state index is -0.298. The molecule has 0 radical (unpaired) electrons. The Kier molecular flexibility index (Phi) is 5.93. The van der Waals surface area contributed by atoms with Crippen molar-refractivity contribution in [1.29, 1.82) is 5.26 Å². The summed E-state index contributed by atoms with van der Waals surface area (Å²) < 4.78 is 1.70. The molecule has 9 nitrogen and oxygen atoms in total. The number of fused-ring (bicyclic) bond motifs is 1. The van der Waals surface area contributed by atoms with Crippen LogP contribution in [0.4, 0.5) is 16.3 Å². The minimum absolute atomic E-state index is 0.298. The number of carbonyl (C=O) groups excluding carboxylic acids is 1. The van der Waals surface area contributed by atoms with Gasteiger partial charge >= 0.3 is 6.03 Å². The van der Waals surface area contributed by atoms with Crippen LogP contribution in [0.3, 0.4) is 0 Å². The Bertz CT molecular complexity index is 1060. The molecule has 29 heavy (non-hydrogen) atoms. The van der Waals surface area contributed by atoms with E-state index in [1.165, 1.54) is 0 Å². The number of carbonyl (C=O) groups is 1. The van der Waals surface area contributed by atoms with Crippen molar-refractivity contribution in [2.24, 2.45) is 0 Å². The highest BCUT2D eigenvalue weighted by molar-refractivity contribution is 5.89. The first-order valence-corrected chi connectivity index (χ1v) is 9.33. The topological polar surface area (TPSA) is 111 Å². The molecule has 2 amide bonds. The molecule has 0 aliphatic rings. The summed E-state index contributed by atoms with van der Waals surface area (Å²) in [6.45, 7) is 4.29. The first kappa shape index (κ1) is 20.1. The molecule has 3 aromatic heterocycles. The number of anilines is 2. The van der Waals surface area contributed by atoms with Crippen molar-refractivity contribution in [2.45, 2.75) is 26.7 Å². The Morgan fingerprint density at radius 1 is 1.31 bits per heavy atom. The van der Waals surface area contributed by atoms with Crippen LogP contribution < -0.4 is 15.5 Å². The summed E-state index contributed by atoms with van der Waals surface area (Å²) in [6.07, 6.45) is 2.84. The Labute approximate surface area is 169 Å². The highest BCUT2D eigenvalue weighted by atomic mass is 16.2. The Morgan fingerprint density at radius 3 is 2.76 bits per heavy atom. The lowest BCUT2D eigenvalue weighted by Crippen LogP contribution is -2.29. The normalized spacial score (nSPS) is 10.6. The second kappa shape index (κ2) is 8.56. The lowest BCUT2D eigenvalue weighted by molar-refractivity contribution is 0.252. The molecule has 0 saturated heterocycles. The molecule has 9 heteroatoms. The van der Waals surface area contributed by atoms with Crippen LogP contribution in [-0.4, -0.2) is 46.3 Å². The molecule has 0 fully saturated rings. The fraction of sp³-hybridized carbons (Fsp3) is 0.350. The predicted octanol–water partition coefficient (Wildman–Crippen LogP) is 2.43. The maximum absolute atomic E-state index is 12.0. The van der Waals surface area contributed by atoms with Gasteiger partial charge in [0.2, 0.25) is 0 Å². The smallest absolute Gasteiger partial charge is 0.319 e. The van der Waals surface area contributed by atoms with Crippen LogP contribution >= 0.6 is 0 Å². The van der Waals surface area contributed by atoms with E-state index in [2.05, 4.69) is 31.8 Å². The van der Waals surface area contributed by atoms with E-state index in [-0.39, 0.29) is 6.03 Å². The number of amides is 2. The Morgan fingerprint density at radius 2 is 2.10 bits per heavy atom. The van der Waals surface area contributed by atoms with Gasteiger partial charge in [-0.2, -0.15) is 10.4 Å². The molecule has 0 aromatic carbocycles.